The molecule has 1 rings (SSSR count). The summed E-state index contributed by atoms with van der Waals surface area (Å²) in [6.45, 7) is 2.23. The van der Waals surface area contributed by atoms with Crippen molar-refractivity contribution in [2.45, 2.75) is 19.9 Å². The lowest BCUT2D eigenvalue weighted by Gasteiger charge is -2.08. The monoisotopic (exact) mass is 204 g/mol. The van der Waals surface area contributed by atoms with Crippen molar-refractivity contribution in [2.75, 3.05) is 0 Å². The molecule has 0 atom stereocenters. The topological polar surface area (TPSA) is 87.1 Å². The molecule has 0 radical (unpaired) electrons. The summed E-state index contributed by atoms with van der Waals surface area (Å²) < 4.78 is 0. The summed E-state index contributed by atoms with van der Waals surface area (Å²) in [6.07, 6.45) is 0.737. The normalized spacial score (nSPS) is 9.67. The van der Waals surface area contributed by atoms with E-state index in [0.29, 0.717) is 0 Å². The highest BCUT2D eigenvalue weighted by molar-refractivity contribution is 5.91. The van der Waals surface area contributed by atoms with E-state index >= 15 is 0 Å². The van der Waals surface area contributed by atoms with Gasteiger partial charge >= 0.3 is 5.97 Å². The van der Waals surface area contributed by atoms with Gasteiger partial charge in [-0.1, -0.05) is 6.92 Å². The number of hydrogen-bond acceptors (Lipinski definition) is 3. The molecule has 1 aromatic carbocycles. The Hall–Kier alpha value is -1.86. The number of aryl methyl sites for hydroxylation is 1. The van der Waals surface area contributed by atoms with Gasteiger partial charge in [-0.15, -0.1) is 0 Å². The summed E-state index contributed by atoms with van der Waals surface area (Å²) >= 11 is 0. The number of nitriles is 1. The van der Waals surface area contributed by atoms with E-state index in [-0.39, 0.29) is 17.7 Å². The molecule has 0 aromatic heterocycles. The Morgan fingerprint density at radius 2 is 2.20 bits per heavy atom. The summed E-state index contributed by atoms with van der Waals surface area (Å²) in [5.41, 5.74) is 7.44. The van der Waals surface area contributed by atoms with Gasteiger partial charge in [-0.05, 0) is 29.7 Å². The molecular formula is C11H12N2O2. The van der Waals surface area contributed by atoms with Crippen LogP contribution in [0.25, 0.3) is 0 Å². The van der Waals surface area contributed by atoms with Gasteiger partial charge in [0.05, 0.1) is 11.1 Å². The fourth-order valence-corrected chi connectivity index (χ4v) is 1.48. The van der Waals surface area contributed by atoms with E-state index in [1.165, 1.54) is 6.07 Å². The molecular weight excluding hydrogens is 192 g/mol. The molecule has 15 heavy (non-hydrogen) atoms. The maximum Gasteiger partial charge on any atom is 0.337 e. The van der Waals surface area contributed by atoms with Crippen LogP contribution in [0.2, 0.25) is 0 Å². The van der Waals surface area contributed by atoms with Crippen molar-refractivity contribution in [3.8, 4) is 6.07 Å². The predicted octanol–water partition coefficient (Wildman–Crippen LogP) is 1.28. The van der Waals surface area contributed by atoms with E-state index in [9.17, 15) is 4.79 Å². The Kier molecular flexibility index (Phi) is 3.42. The third kappa shape index (κ3) is 2.14. The van der Waals surface area contributed by atoms with Crippen LogP contribution in [0.5, 0.6) is 0 Å². The van der Waals surface area contributed by atoms with E-state index in [1.807, 2.05) is 13.0 Å². The van der Waals surface area contributed by atoms with E-state index in [2.05, 4.69) is 0 Å². The first-order valence-electron chi connectivity index (χ1n) is 4.63. The first-order chi connectivity index (χ1) is 7.13. The Bertz CT molecular complexity index is 433. The molecule has 0 fully saturated rings. The zero-order valence-corrected chi connectivity index (χ0v) is 8.45. The molecule has 0 aliphatic carbocycles. The molecule has 78 valence electrons. The average molecular weight is 204 g/mol. The van der Waals surface area contributed by atoms with Crippen LogP contribution in [0, 0.1) is 11.3 Å². The van der Waals surface area contributed by atoms with Gasteiger partial charge in [0.15, 0.2) is 0 Å². The minimum absolute atomic E-state index is 0.0233. The third-order valence-electron chi connectivity index (χ3n) is 2.29. The van der Waals surface area contributed by atoms with Gasteiger partial charge in [0.1, 0.15) is 6.07 Å². The Morgan fingerprint density at radius 3 is 2.60 bits per heavy atom. The van der Waals surface area contributed by atoms with E-state index < -0.39 is 5.97 Å². The first-order valence-corrected chi connectivity index (χ1v) is 4.63. The number of carboxylic acid groups (broad SMARTS) is 1. The molecule has 0 amide bonds. The highest BCUT2D eigenvalue weighted by atomic mass is 16.4. The SMILES string of the molecule is CCc1cc(C#N)c(C(=O)O)cc1CN. The summed E-state index contributed by atoms with van der Waals surface area (Å²) in [6, 6.07) is 4.97. The Labute approximate surface area is 87.9 Å². The number of nitrogens with zero attached hydrogens (tertiary/aromatic N) is 1. The number of nitrogens with two attached hydrogens (primary N) is 1. The molecule has 0 saturated heterocycles. The van der Waals surface area contributed by atoms with Crippen molar-refractivity contribution >= 4 is 5.97 Å². The van der Waals surface area contributed by atoms with Gasteiger partial charge < -0.3 is 10.8 Å². The fraction of sp³-hybridized carbons (Fsp3) is 0.273. The number of hydrogen-bond donors (Lipinski definition) is 2. The van der Waals surface area contributed by atoms with Crippen LogP contribution in [-0.2, 0) is 13.0 Å². The number of carbonyl (C=O) groups is 1. The second-order valence-corrected chi connectivity index (χ2v) is 3.14. The number of benzene rings is 1. The van der Waals surface area contributed by atoms with Gasteiger partial charge in [-0.25, -0.2) is 4.79 Å². The smallest absolute Gasteiger partial charge is 0.337 e. The maximum atomic E-state index is 10.9. The Balaban J connectivity index is 3.42. The van der Waals surface area contributed by atoms with Crippen LogP contribution in [0.1, 0.15) is 34.0 Å². The zero-order valence-electron chi connectivity index (χ0n) is 8.45. The molecule has 4 heteroatoms. The molecule has 0 unspecified atom stereocenters. The molecule has 0 saturated carbocycles. The van der Waals surface area contributed by atoms with E-state index in [4.69, 9.17) is 16.1 Å². The standard InChI is InChI=1S/C11H12N2O2/c1-2-7-3-9(6-13)10(11(14)15)4-8(7)5-12/h3-4H,2,5,12H2,1H3,(H,14,15). The van der Waals surface area contributed by atoms with Crippen molar-refractivity contribution in [3.05, 3.63) is 34.4 Å². The van der Waals surface area contributed by atoms with Crippen LogP contribution in [0.15, 0.2) is 12.1 Å². The van der Waals surface area contributed by atoms with Gasteiger partial charge in [-0.2, -0.15) is 5.26 Å². The minimum atomic E-state index is -1.09. The van der Waals surface area contributed by atoms with Crippen LogP contribution in [-0.4, -0.2) is 11.1 Å². The van der Waals surface area contributed by atoms with Gasteiger partial charge in [-0.3, -0.25) is 0 Å². The molecule has 0 spiro atoms. The zero-order chi connectivity index (χ0) is 11.4. The number of rotatable bonds is 3. The fourth-order valence-electron chi connectivity index (χ4n) is 1.48. The minimum Gasteiger partial charge on any atom is -0.478 e. The highest BCUT2D eigenvalue weighted by Gasteiger charge is 2.13. The molecule has 3 N–H and O–H groups in total. The predicted molar refractivity (Wildman–Crippen MR) is 55.4 cm³/mol. The Morgan fingerprint density at radius 1 is 1.53 bits per heavy atom. The molecule has 0 bridgehead atoms. The van der Waals surface area contributed by atoms with Crippen LogP contribution < -0.4 is 5.73 Å². The summed E-state index contributed by atoms with van der Waals surface area (Å²) in [5.74, 6) is -1.09. The lowest BCUT2D eigenvalue weighted by Crippen LogP contribution is -2.07. The quantitative estimate of drug-likeness (QED) is 0.776. The molecule has 0 aliphatic rings. The summed E-state index contributed by atoms with van der Waals surface area (Å²) in [7, 11) is 0. The van der Waals surface area contributed by atoms with Crippen LogP contribution >= 0.6 is 0 Å². The van der Waals surface area contributed by atoms with Gasteiger partial charge in [0, 0.05) is 6.54 Å². The lowest BCUT2D eigenvalue weighted by molar-refractivity contribution is 0.0696. The largest absolute Gasteiger partial charge is 0.478 e. The van der Waals surface area contributed by atoms with Gasteiger partial charge in [0.25, 0.3) is 0 Å². The third-order valence-corrected chi connectivity index (χ3v) is 2.29. The summed E-state index contributed by atoms with van der Waals surface area (Å²) in [4.78, 5) is 10.9. The van der Waals surface area contributed by atoms with Crippen molar-refractivity contribution in [1.29, 1.82) is 5.26 Å². The first kappa shape index (κ1) is 11.2. The highest BCUT2D eigenvalue weighted by Crippen LogP contribution is 2.17. The second kappa shape index (κ2) is 4.58. The van der Waals surface area contributed by atoms with Crippen molar-refractivity contribution in [3.63, 3.8) is 0 Å². The number of aromatic carboxylic acids is 1. The second-order valence-electron chi connectivity index (χ2n) is 3.14. The van der Waals surface area contributed by atoms with E-state index in [1.54, 1.807) is 6.07 Å². The maximum absolute atomic E-state index is 10.9. The lowest BCUT2D eigenvalue weighted by atomic mass is 9.97. The number of carboxylic acids is 1. The van der Waals surface area contributed by atoms with Gasteiger partial charge in [0.2, 0.25) is 0 Å². The average Bonchev–Trinajstić information content (AvgIpc) is 2.26. The van der Waals surface area contributed by atoms with Crippen molar-refractivity contribution in [1.82, 2.24) is 0 Å². The molecule has 0 aliphatic heterocycles. The molecule has 0 heterocycles. The van der Waals surface area contributed by atoms with Crippen LogP contribution in [0.3, 0.4) is 0 Å². The van der Waals surface area contributed by atoms with Crippen molar-refractivity contribution < 1.29 is 9.90 Å². The van der Waals surface area contributed by atoms with Crippen LogP contribution in [0.4, 0.5) is 0 Å². The van der Waals surface area contributed by atoms with Crippen molar-refractivity contribution in [2.24, 2.45) is 5.73 Å². The molecule has 4 nitrogen and oxygen atoms in total. The summed E-state index contributed by atoms with van der Waals surface area (Å²) in [5, 5.41) is 17.7. The molecule has 1 aromatic rings. The van der Waals surface area contributed by atoms with E-state index in [0.717, 1.165) is 17.5 Å².